The second kappa shape index (κ2) is 7.72. The molecule has 3 rings (SSSR count). The van der Waals surface area contributed by atoms with Crippen molar-refractivity contribution in [3.63, 3.8) is 0 Å². The van der Waals surface area contributed by atoms with E-state index in [0.29, 0.717) is 28.0 Å². The van der Waals surface area contributed by atoms with E-state index in [1.807, 2.05) is 43.3 Å². The van der Waals surface area contributed by atoms with Gasteiger partial charge in [0.25, 0.3) is 0 Å². The lowest BCUT2D eigenvalue weighted by molar-refractivity contribution is -0.115. The molecule has 128 valence electrons. The fraction of sp³-hybridized carbons (Fsp3) is 0.158. The Bertz CT molecular complexity index is 871. The van der Waals surface area contributed by atoms with Gasteiger partial charge in [-0.15, -0.1) is 0 Å². The number of hydrogen-bond acceptors (Lipinski definition) is 2. The van der Waals surface area contributed by atoms with E-state index in [2.05, 4.69) is 10.4 Å². The number of anilines is 1. The van der Waals surface area contributed by atoms with Crippen molar-refractivity contribution < 1.29 is 4.79 Å². The van der Waals surface area contributed by atoms with E-state index in [-0.39, 0.29) is 12.3 Å². The van der Waals surface area contributed by atoms with Gasteiger partial charge in [0.1, 0.15) is 5.82 Å². The summed E-state index contributed by atoms with van der Waals surface area (Å²) in [6, 6.07) is 17.0. The zero-order chi connectivity index (χ0) is 17.8. The number of nitrogens with one attached hydrogen (secondary N) is 1. The highest BCUT2D eigenvalue weighted by Crippen LogP contribution is 2.25. The average molecular weight is 374 g/mol. The smallest absolute Gasteiger partial charge is 0.230 e. The van der Waals surface area contributed by atoms with Crippen LogP contribution < -0.4 is 5.32 Å². The Balaban J connectivity index is 1.75. The van der Waals surface area contributed by atoms with Crippen molar-refractivity contribution in [2.24, 2.45) is 0 Å². The summed E-state index contributed by atoms with van der Waals surface area (Å²) in [6.45, 7) is 2.47. The van der Waals surface area contributed by atoms with E-state index in [4.69, 9.17) is 23.2 Å². The van der Waals surface area contributed by atoms with Crippen LogP contribution in [0.5, 0.6) is 0 Å². The molecule has 0 atom stereocenters. The SMILES string of the molecule is Cc1cc(NC(=O)Cc2c(Cl)cccc2Cl)n(Cc2ccccc2)n1. The minimum absolute atomic E-state index is 0.105. The highest BCUT2D eigenvalue weighted by Gasteiger charge is 2.14. The van der Waals surface area contributed by atoms with Gasteiger partial charge in [-0.25, -0.2) is 4.68 Å². The fourth-order valence-electron chi connectivity index (χ4n) is 2.57. The predicted molar refractivity (Wildman–Crippen MR) is 101 cm³/mol. The maximum absolute atomic E-state index is 12.4. The summed E-state index contributed by atoms with van der Waals surface area (Å²) in [5.74, 6) is 0.457. The van der Waals surface area contributed by atoms with Crippen molar-refractivity contribution in [2.45, 2.75) is 19.9 Å². The van der Waals surface area contributed by atoms with Crippen molar-refractivity contribution in [1.82, 2.24) is 9.78 Å². The zero-order valence-corrected chi connectivity index (χ0v) is 15.2. The minimum Gasteiger partial charge on any atom is -0.311 e. The number of aromatic nitrogens is 2. The fourth-order valence-corrected chi connectivity index (χ4v) is 3.10. The maximum atomic E-state index is 12.4. The molecule has 6 heteroatoms. The molecule has 0 aliphatic carbocycles. The van der Waals surface area contributed by atoms with Gasteiger partial charge in [0.05, 0.1) is 18.7 Å². The standard InChI is InChI=1S/C19H17Cl2N3O/c1-13-10-18(24(23-13)12-14-6-3-2-4-7-14)22-19(25)11-15-16(20)8-5-9-17(15)21/h2-10H,11-12H2,1H3,(H,22,25). The van der Waals surface area contributed by atoms with Gasteiger partial charge in [-0.1, -0.05) is 59.6 Å². The summed E-state index contributed by atoms with van der Waals surface area (Å²) < 4.78 is 1.77. The van der Waals surface area contributed by atoms with Crippen molar-refractivity contribution >= 4 is 34.9 Å². The van der Waals surface area contributed by atoms with Gasteiger partial charge in [0.15, 0.2) is 0 Å². The molecule has 1 N–H and O–H groups in total. The Labute approximate surface area is 156 Å². The second-order valence-corrected chi connectivity index (χ2v) is 6.55. The first-order valence-corrected chi connectivity index (χ1v) is 8.59. The summed E-state index contributed by atoms with van der Waals surface area (Å²) in [6.07, 6.45) is 0.105. The van der Waals surface area contributed by atoms with Crippen LogP contribution in [-0.2, 0) is 17.8 Å². The lowest BCUT2D eigenvalue weighted by Gasteiger charge is -2.10. The molecular formula is C19H17Cl2N3O. The number of halogens is 2. The number of benzene rings is 2. The van der Waals surface area contributed by atoms with E-state index >= 15 is 0 Å². The molecule has 0 fully saturated rings. The van der Waals surface area contributed by atoms with Crippen molar-refractivity contribution in [2.75, 3.05) is 5.32 Å². The molecule has 1 aromatic heterocycles. The van der Waals surface area contributed by atoms with Crippen LogP contribution in [0, 0.1) is 6.92 Å². The number of carbonyl (C=O) groups is 1. The van der Waals surface area contributed by atoms with E-state index in [1.54, 1.807) is 22.9 Å². The second-order valence-electron chi connectivity index (χ2n) is 5.74. The predicted octanol–water partition coefficient (Wildman–Crippen LogP) is 4.73. The molecule has 0 unspecified atom stereocenters. The summed E-state index contributed by atoms with van der Waals surface area (Å²) in [4.78, 5) is 12.4. The van der Waals surface area contributed by atoms with E-state index in [9.17, 15) is 4.79 Å². The Kier molecular flexibility index (Phi) is 5.41. The molecule has 1 amide bonds. The summed E-state index contributed by atoms with van der Waals surface area (Å²) in [5.41, 5.74) is 2.56. The Hall–Kier alpha value is -2.30. The van der Waals surface area contributed by atoms with Crippen LogP contribution in [0.1, 0.15) is 16.8 Å². The van der Waals surface area contributed by atoms with Crippen LogP contribution in [0.2, 0.25) is 10.0 Å². The Morgan fingerprint density at radius 2 is 1.76 bits per heavy atom. The van der Waals surface area contributed by atoms with Gasteiger partial charge in [0.2, 0.25) is 5.91 Å². The highest BCUT2D eigenvalue weighted by molar-refractivity contribution is 6.36. The molecule has 25 heavy (non-hydrogen) atoms. The minimum atomic E-state index is -0.191. The third-order valence-electron chi connectivity index (χ3n) is 3.74. The molecule has 3 aromatic rings. The largest absolute Gasteiger partial charge is 0.311 e. The quantitative estimate of drug-likeness (QED) is 0.702. The third-order valence-corrected chi connectivity index (χ3v) is 4.45. The third kappa shape index (κ3) is 4.41. The molecule has 0 aliphatic rings. The van der Waals surface area contributed by atoms with E-state index < -0.39 is 0 Å². The summed E-state index contributed by atoms with van der Waals surface area (Å²) >= 11 is 12.3. The van der Waals surface area contributed by atoms with Gasteiger partial charge < -0.3 is 5.32 Å². The molecule has 0 radical (unpaired) electrons. The van der Waals surface area contributed by atoms with Gasteiger partial charge in [-0.05, 0) is 30.2 Å². The lowest BCUT2D eigenvalue weighted by Crippen LogP contribution is -2.18. The highest BCUT2D eigenvalue weighted by atomic mass is 35.5. The Morgan fingerprint density at radius 3 is 2.44 bits per heavy atom. The van der Waals surface area contributed by atoms with Gasteiger partial charge >= 0.3 is 0 Å². The summed E-state index contributed by atoms with van der Waals surface area (Å²) in [7, 11) is 0. The van der Waals surface area contributed by atoms with Crippen LogP contribution in [0.25, 0.3) is 0 Å². The van der Waals surface area contributed by atoms with Crippen LogP contribution in [0.15, 0.2) is 54.6 Å². The first-order chi connectivity index (χ1) is 12.0. The average Bonchev–Trinajstić information content (AvgIpc) is 2.91. The molecule has 0 aliphatic heterocycles. The van der Waals surface area contributed by atoms with E-state index in [0.717, 1.165) is 11.3 Å². The molecule has 0 saturated heterocycles. The van der Waals surface area contributed by atoms with Gasteiger partial charge in [-0.2, -0.15) is 5.10 Å². The molecule has 4 nitrogen and oxygen atoms in total. The van der Waals surface area contributed by atoms with Crippen LogP contribution in [0.3, 0.4) is 0 Å². The number of hydrogen-bond donors (Lipinski definition) is 1. The number of nitrogens with zero attached hydrogens (tertiary/aromatic N) is 2. The lowest BCUT2D eigenvalue weighted by atomic mass is 10.1. The molecule has 0 spiro atoms. The molecular weight excluding hydrogens is 357 g/mol. The molecule has 0 bridgehead atoms. The number of carbonyl (C=O) groups excluding carboxylic acids is 1. The monoisotopic (exact) mass is 373 g/mol. The van der Waals surface area contributed by atoms with Crippen molar-refractivity contribution in [1.29, 1.82) is 0 Å². The number of rotatable bonds is 5. The maximum Gasteiger partial charge on any atom is 0.230 e. The molecule has 2 aromatic carbocycles. The van der Waals surface area contributed by atoms with Gasteiger partial charge in [0, 0.05) is 16.1 Å². The van der Waals surface area contributed by atoms with Crippen LogP contribution >= 0.6 is 23.2 Å². The number of amides is 1. The van der Waals surface area contributed by atoms with Gasteiger partial charge in [-0.3, -0.25) is 4.79 Å². The number of aryl methyl sites for hydroxylation is 1. The zero-order valence-electron chi connectivity index (χ0n) is 13.7. The van der Waals surface area contributed by atoms with Crippen LogP contribution in [-0.4, -0.2) is 15.7 Å². The Morgan fingerprint density at radius 1 is 1.08 bits per heavy atom. The first-order valence-electron chi connectivity index (χ1n) is 7.84. The van der Waals surface area contributed by atoms with Crippen LogP contribution in [0.4, 0.5) is 5.82 Å². The summed E-state index contributed by atoms with van der Waals surface area (Å²) in [5, 5.41) is 8.32. The first kappa shape index (κ1) is 17.5. The van der Waals surface area contributed by atoms with E-state index in [1.165, 1.54) is 0 Å². The van der Waals surface area contributed by atoms with Crippen molar-refractivity contribution in [3.05, 3.63) is 81.5 Å². The molecule has 1 heterocycles. The van der Waals surface area contributed by atoms with Crippen molar-refractivity contribution in [3.8, 4) is 0 Å². The topological polar surface area (TPSA) is 46.9 Å². The normalized spacial score (nSPS) is 10.7. The molecule has 0 saturated carbocycles.